The number of nitriles is 1. The largest absolute Gasteiger partial charge is 0.444 e. The summed E-state index contributed by atoms with van der Waals surface area (Å²) in [6, 6.07) is 2.18. The van der Waals surface area contributed by atoms with Crippen LogP contribution in [-0.2, 0) is 13.0 Å². The Labute approximate surface area is 103 Å². The zero-order valence-corrected chi connectivity index (χ0v) is 10.9. The fourth-order valence-electron chi connectivity index (χ4n) is 1.58. The van der Waals surface area contributed by atoms with E-state index in [-0.39, 0.29) is 5.41 Å². The van der Waals surface area contributed by atoms with E-state index in [9.17, 15) is 0 Å². The van der Waals surface area contributed by atoms with Crippen LogP contribution in [0.1, 0.15) is 45.3 Å². The number of aromatic nitrogens is 1. The molecule has 1 aromatic heterocycles. The van der Waals surface area contributed by atoms with Crippen LogP contribution < -0.4 is 5.32 Å². The van der Waals surface area contributed by atoms with Crippen LogP contribution in [0, 0.1) is 16.7 Å². The SMILES string of the molecule is CCc1cnc(CNCC(C)(C)CCC#N)o1. The lowest BCUT2D eigenvalue weighted by atomic mass is 9.88. The number of hydrogen-bond donors (Lipinski definition) is 1. The Morgan fingerprint density at radius 3 is 2.88 bits per heavy atom. The summed E-state index contributed by atoms with van der Waals surface area (Å²) < 4.78 is 5.50. The molecule has 0 aliphatic carbocycles. The topological polar surface area (TPSA) is 61.9 Å². The van der Waals surface area contributed by atoms with Crippen molar-refractivity contribution in [3.05, 3.63) is 17.8 Å². The molecule has 17 heavy (non-hydrogen) atoms. The predicted octanol–water partition coefficient (Wildman–Crippen LogP) is 2.66. The van der Waals surface area contributed by atoms with Crippen molar-refractivity contribution in [1.29, 1.82) is 5.26 Å². The van der Waals surface area contributed by atoms with Crippen molar-refractivity contribution in [3.63, 3.8) is 0 Å². The summed E-state index contributed by atoms with van der Waals surface area (Å²) >= 11 is 0. The first kappa shape index (κ1) is 13.7. The maximum absolute atomic E-state index is 8.57. The Hall–Kier alpha value is -1.34. The minimum Gasteiger partial charge on any atom is -0.444 e. The van der Waals surface area contributed by atoms with E-state index in [2.05, 4.69) is 30.2 Å². The maximum atomic E-state index is 8.57. The van der Waals surface area contributed by atoms with Crippen LogP contribution in [0.5, 0.6) is 0 Å². The van der Waals surface area contributed by atoms with E-state index in [0.29, 0.717) is 13.0 Å². The molecule has 0 aromatic carbocycles. The van der Waals surface area contributed by atoms with Gasteiger partial charge in [-0.1, -0.05) is 20.8 Å². The number of hydrogen-bond acceptors (Lipinski definition) is 4. The maximum Gasteiger partial charge on any atom is 0.208 e. The van der Waals surface area contributed by atoms with Crippen molar-refractivity contribution in [3.8, 4) is 6.07 Å². The highest BCUT2D eigenvalue weighted by Crippen LogP contribution is 2.20. The Bertz CT molecular complexity index is 376. The lowest BCUT2D eigenvalue weighted by Gasteiger charge is -2.23. The summed E-state index contributed by atoms with van der Waals surface area (Å²) in [6.07, 6.45) is 4.16. The van der Waals surface area contributed by atoms with Crippen molar-refractivity contribution in [2.45, 2.75) is 46.6 Å². The second kappa shape index (κ2) is 6.41. The molecule has 0 bridgehead atoms. The molecular formula is C13H21N3O. The molecule has 94 valence electrons. The fourth-order valence-corrected chi connectivity index (χ4v) is 1.58. The molecule has 4 heteroatoms. The lowest BCUT2D eigenvalue weighted by molar-refractivity contribution is 0.309. The first-order valence-electron chi connectivity index (χ1n) is 6.08. The van der Waals surface area contributed by atoms with Crippen molar-refractivity contribution in [1.82, 2.24) is 10.3 Å². The Kier molecular flexibility index (Phi) is 5.17. The first-order chi connectivity index (χ1) is 8.07. The van der Waals surface area contributed by atoms with Crippen molar-refractivity contribution in [2.75, 3.05) is 6.54 Å². The summed E-state index contributed by atoms with van der Waals surface area (Å²) in [4.78, 5) is 4.19. The third-order valence-electron chi connectivity index (χ3n) is 2.74. The monoisotopic (exact) mass is 235 g/mol. The van der Waals surface area contributed by atoms with Gasteiger partial charge in [-0.25, -0.2) is 4.98 Å². The van der Waals surface area contributed by atoms with E-state index in [0.717, 1.165) is 31.0 Å². The molecule has 0 amide bonds. The number of oxazole rings is 1. The van der Waals surface area contributed by atoms with Gasteiger partial charge in [0.1, 0.15) is 5.76 Å². The molecule has 4 nitrogen and oxygen atoms in total. The Balaban J connectivity index is 2.29. The van der Waals surface area contributed by atoms with Crippen LogP contribution in [0.2, 0.25) is 0 Å². The van der Waals surface area contributed by atoms with E-state index < -0.39 is 0 Å². The first-order valence-corrected chi connectivity index (χ1v) is 6.08. The predicted molar refractivity (Wildman–Crippen MR) is 66.2 cm³/mol. The summed E-state index contributed by atoms with van der Waals surface area (Å²) in [5, 5.41) is 11.9. The highest BCUT2D eigenvalue weighted by atomic mass is 16.4. The average molecular weight is 235 g/mol. The summed E-state index contributed by atoms with van der Waals surface area (Å²) in [5.41, 5.74) is 0.135. The zero-order chi connectivity index (χ0) is 12.7. The van der Waals surface area contributed by atoms with Gasteiger partial charge in [-0.2, -0.15) is 5.26 Å². The van der Waals surface area contributed by atoms with Gasteiger partial charge in [0.2, 0.25) is 5.89 Å². The van der Waals surface area contributed by atoms with Gasteiger partial charge in [0, 0.05) is 19.4 Å². The second-order valence-corrected chi connectivity index (χ2v) is 5.00. The van der Waals surface area contributed by atoms with Gasteiger partial charge < -0.3 is 9.73 Å². The minimum atomic E-state index is 0.135. The quantitative estimate of drug-likeness (QED) is 0.789. The van der Waals surface area contributed by atoms with Crippen LogP contribution in [0.25, 0.3) is 0 Å². The highest BCUT2D eigenvalue weighted by Gasteiger charge is 2.17. The van der Waals surface area contributed by atoms with Crippen molar-refractivity contribution >= 4 is 0 Å². The lowest BCUT2D eigenvalue weighted by Crippen LogP contribution is -2.29. The van der Waals surface area contributed by atoms with Crippen molar-refractivity contribution in [2.24, 2.45) is 5.41 Å². The molecule has 0 aliphatic heterocycles. The Morgan fingerprint density at radius 1 is 1.53 bits per heavy atom. The van der Waals surface area contributed by atoms with Crippen LogP contribution in [0.3, 0.4) is 0 Å². The molecule has 0 atom stereocenters. The molecular weight excluding hydrogens is 214 g/mol. The molecule has 1 aromatic rings. The van der Waals surface area contributed by atoms with Gasteiger partial charge >= 0.3 is 0 Å². The molecule has 1 rings (SSSR count). The van der Waals surface area contributed by atoms with E-state index in [1.54, 1.807) is 6.20 Å². The van der Waals surface area contributed by atoms with E-state index >= 15 is 0 Å². The average Bonchev–Trinajstić information content (AvgIpc) is 2.74. The number of rotatable bonds is 7. The zero-order valence-electron chi connectivity index (χ0n) is 10.9. The van der Waals surface area contributed by atoms with Crippen molar-refractivity contribution < 1.29 is 4.42 Å². The highest BCUT2D eigenvalue weighted by molar-refractivity contribution is 4.93. The van der Waals surface area contributed by atoms with Gasteiger partial charge in [0.15, 0.2) is 0 Å². The standard InChI is InChI=1S/C13H21N3O/c1-4-11-8-16-12(17-11)9-15-10-13(2,3)6-5-7-14/h8,15H,4-6,9-10H2,1-3H3. The number of aryl methyl sites for hydroxylation is 1. The van der Waals surface area contributed by atoms with Crippen LogP contribution in [0.15, 0.2) is 10.6 Å². The molecule has 1 N–H and O–H groups in total. The molecule has 0 radical (unpaired) electrons. The summed E-state index contributed by atoms with van der Waals surface area (Å²) in [6.45, 7) is 7.87. The minimum absolute atomic E-state index is 0.135. The fraction of sp³-hybridized carbons (Fsp3) is 0.692. The van der Waals surface area contributed by atoms with E-state index in [4.69, 9.17) is 9.68 Å². The van der Waals surface area contributed by atoms with E-state index in [1.807, 2.05) is 6.92 Å². The molecule has 0 spiro atoms. The molecule has 0 fully saturated rings. The third-order valence-corrected chi connectivity index (χ3v) is 2.74. The van der Waals surface area contributed by atoms with Gasteiger partial charge in [-0.15, -0.1) is 0 Å². The van der Waals surface area contributed by atoms with Crippen LogP contribution in [0.4, 0.5) is 0 Å². The smallest absolute Gasteiger partial charge is 0.208 e. The third kappa shape index (κ3) is 5.01. The van der Waals surface area contributed by atoms with Crippen LogP contribution >= 0.6 is 0 Å². The van der Waals surface area contributed by atoms with Gasteiger partial charge in [0.25, 0.3) is 0 Å². The normalized spacial score (nSPS) is 11.4. The molecule has 0 saturated carbocycles. The second-order valence-electron chi connectivity index (χ2n) is 5.00. The summed E-state index contributed by atoms with van der Waals surface area (Å²) in [5.74, 6) is 1.66. The Morgan fingerprint density at radius 2 is 2.29 bits per heavy atom. The van der Waals surface area contributed by atoms with Gasteiger partial charge in [-0.05, 0) is 11.8 Å². The number of nitrogens with zero attached hydrogens (tertiary/aromatic N) is 2. The van der Waals surface area contributed by atoms with E-state index in [1.165, 1.54) is 0 Å². The molecule has 0 aliphatic rings. The molecule has 1 heterocycles. The van der Waals surface area contributed by atoms with Crippen LogP contribution in [-0.4, -0.2) is 11.5 Å². The molecule has 0 saturated heterocycles. The summed E-state index contributed by atoms with van der Waals surface area (Å²) in [7, 11) is 0. The molecule has 0 unspecified atom stereocenters. The number of nitrogens with one attached hydrogen (secondary N) is 1. The van der Waals surface area contributed by atoms with Gasteiger partial charge in [0.05, 0.1) is 18.8 Å². The van der Waals surface area contributed by atoms with Gasteiger partial charge in [-0.3, -0.25) is 0 Å².